The fraction of sp³-hybridized carbons (Fsp3) is 0.190. The Kier molecular flexibility index (Phi) is 6.59. The van der Waals surface area contributed by atoms with Crippen molar-refractivity contribution in [2.24, 2.45) is 0 Å². The van der Waals surface area contributed by atoms with Crippen molar-refractivity contribution in [2.45, 2.75) is 24.6 Å². The lowest BCUT2D eigenvalue weighted by Crippen LogP contribution is -2.18. The van der Waals surface area contributed by atoms with Crippen molar-refractivity contribution in [1.29, 1.82) is 0 Å². The first-order valence-electron chi connectivity index (χ1n) is 8.67. The van der Waals surface area contributed by atoms with Crippen LogP contribution in [0.5, 0.6) is 5.75 Å². The van der Waals surface area contributed by atoms with E-state index in [-0.39, 0.29) is 5.75 Å². The molecule has 0 aliphatic rings. The quantitative estimate of drug-likeness (QED) is 0.399. The second-order valence-corrected chi connectivity index (χ2v) is 7.06. The number of hydrogen-bond donors (Lipinski definition) is 1. The molecule has 0 fully saturated rings. The summed E-state index contributed by atoms with van der Waals surface area (Å²) in [6.45, 7) is 2.62. The average molecular weight is 404 g/mol. The van der Waals surface area contributed by atoms with Gasteiger partial charge in [-0.3, -0.25) is 9.71 Å². The molecule has 0 saturated carbocycles. The maximum absolute atomic E-state index is 12.5. The van der Waals surface area contributed by atoms with Crippen LogP contribution in [0, 0.1) is 6.92 Å². The number of rotatable bonds is 7. The first kappa shape index (κ1) is 20.2. The van der Waals surface area contributed by atoms with Crippen molar-refractivity contribution in [2.75, 3.05) is 6.54 Å². The van der Waals surface area contributed by atoms with Crippen molar-refractivity contribution in [3.05, 3.63) is 78.1 Å². The summed E-state index contributed by atoms with van der Waals surface area (Å²) in [6.07, 6.45) is -0.357. The number of para-hydroxylation sites is 1. The molecule has 0 bridgehead atoms. The van der Waals surface area contributed by atoms with Gasteiger partial charge in [0.25, 0.3) is 0 Å². The Labute approximate surface area is 166 Å². The average Bonchev–Trinajstić information content (AvgIpc) is 2.66. The van der Waals surface area contributed by atoms with Gasteiger partial charge in [0.05, 0.1) is 4.90 Å². The van der Waals surface area contributed by atoms with E-state index in [2.05, 4.69) is 26.6 Å². The first-order valence-corrected chi connectivity index (χ1v) is 9.48. The lowest BCUT2D eigenvalue weighted by molar-refractivity contribution is -0.275. The SMILES string of the molecule is Cc1cnccc1-c1cccc(CCNSc2ccccc2OC(F)(F)F)c1. The number of benzene rings is 2. The summed E-state index contributed by atoms with van der Waals surface area (Å²) in [6, 6.07) is 16.3. The van der Waals surface area contributed by atoms with E-state index in [1.54, 1.807) is 18.3 Å². The minimum atomic E-state index is -4.71. The predicted molar refractivity (Wildman–Crippen MR) is 105 cm³/mol. The zero-order valence-electron chi connectivity index (χ0n) is 15.2. The van der Waals surface area contributed by atoms with Crippen LogP contribution in [0.2, 0.25) is 0 Å². The van der Waals surface area contributed by atoms with Gasteiger partial charge >= 0.3 is 6.36 Å². The van der Waals surface area contributed by atoms with Crippen molar-refractivity contribution in [3.8, 4) is 16.9 Å². The molecule has 1 aromatic heterocycles. The second-order valence-electron chi connectivity index (χ2n) is 6.13. The molecule has 0 aliphatic heterocycles. The van der Waals surface area contributed by atoms with Gasteiger partial charge in [-0.1, -0.05) is 36.4 Å². The molecule has 3 rings (SSSR count). The van der Waals surface area contributed by atoms with Crippen molar-refractivity contribution < 1.29 is 17.9 Å². The molecule has 0 amide bonds. The van der Waals surface area contributed by atoms with Gasteiger partial charge in [0.2, 0.25) is 0 Å². The van der Waals surface area contributed by atoms with Crippen LogP contribution >= 0.6 is 11.9 Å². The van der Waals surface area contributed by atoms with E-state index in [9.17, 15) is 13.2 Å². The van der Waals surface area contributed by atoms with Crippen LogP contribution in [0.25, 0.3) is 11.1 Å². The maximum Gasteiger partial charge on any atom is 0.573 e. The molecule has 146 valence electrons. The Balaban J connectivity index is 1.58. The molecular weight excluding hydrogens is 385 g/mol. The van der Waals surface area contributed by atoms with E-state index < -0.39 is 6.36 Å². The third-order valence-corrected chi connectivity index (χ3v) is 4.94. The van der Waals surface area contributed by atoms with Crippen LogP contribution in [-0.4, -0.2) is 17.9 Å². The molecule has 0 spiro atoms. The third kappa shape index (κ3) is 5.74. The molecule has 7 heteroatoms. The van der Waals surface area contributed by atoms with Gasteiger partial charge in [-0.2, -0.15) is 0 Å². The molecule has 0 radical (unpaired) electrons. The highest BCUT2D eigenvalue weighted by atomic mass is 32.2. The molecule has 1 heterocycles. The van der Waals surface area contributed by atoms with E-state index >= 15 is 0 Å². The molecule has 0 unspecified atom stereocenters. The van der Waals surface area contributed by atoms with Gasteiger partial charge in [0.1, 0.15) is 5.75 Å². The molecule has 3 nitrogen and oxygen atoms in total. The van der Waals surface area contributed by atoms with Gasteiger partial charge < -0.3 is 4.74 Å². The van der Waals surface area contributed by atoms with Crippen molar-refractivity contribution >= 4 is 11.9 Å². The Bertz CT molecular complexity index is 931. The number of pyridine rings is 1. The number of nitrogens with one attached hydrogen (secondary N) is 1. The lowest BCUT2D eigenvalue weighted by Gasteiger charge is -2.13. The molecule has 0 atom stereocenters. The fourth-order valence-electron chi connectivity index (χ4n) is 2.76. The van der Waals surface area contributed by atoms with Crippen LogP contribution < -0.4 is 9.46 Å². The second kappa shape index (κ2) is 9.12. The number of aromatic nitrogens is 1. The number of hydrogen-bond acceptors (Lipinski definition) is 4. The van der Waals surface area contributed by atoms with Gasteiger partial charge in [-0.25, -0.2) is 0 Å². The van der Waals surface area contributed by atoms with Crippen LogP contribution in [0.3, 0.4) is 0 Å². The summed E-state index contributed by atoms with van der Waals surface area (Å²) >= 11 is 1.13. The zero-order valence-corrected chi connectivity index (χ0v) is 16.0. The minimum absolute atomic E-state index is 0.206. The van der Waals surface area contributed by atoms with E-state index in [1.807, 2.05) is 31.3 Å². The summed E-state index contributed by atoms with van der Waals surface area (Å²) in [7, 11) is 0. The largest absolute Gasteiger partial charge is 0.573 e. The van der Waals surface area contributed by atoms with Crippen LogP contribution in [0.15, 0.2) is 71.9 Å². The molecule has 28 heavy (non-hydrogen) atoms. The fourth-order valence-corrected chi connectivity index (χ4v) is 3.48. The highest BCUT2D eigenvalue weighted by molar-refractivity contribution is 7.97. The number of halogens is 3. The van der Waals surface area contributed by atoms with E-state index in [0.717, 1.165) is 40.6 Å². The number of nitrogens with zero attached hydrogens (tertiary/aromatic N) is 1. The van der Waals surface area contributed by atoms with Crippen molar-refractivity contribution in [3.63, 3.8) is 0 Å². The molecule has 0 aliphatic carbocycles. The Morgan fingerprint density at radius 3 is 2.68 bits per heavy atom. The number of alkyl halides is 3. The molecule has 0 saturated heterocycles. The number of aryl methyl sites for hydroxylation is 1. The summed E-state index contributed by atoms with van der Waals surface area (Å²) < 4.78 is 44.6. The maximum atomic E-state index is 12.5. The minimum Gasteiger partial charge on any atom is -0.405 e. The molecule has 1 N–H and O–H groups in total. The van der Waals surface area contributed by atoms with Crippen LogP contribution in [0.4, 0.5) is 13.2 Å². The topological polar surface area (TPSA) is 34.2 Å². The monoisotopic (exact) mass is 404 g/mol. The highest BCUT2D eigenvalue weighted by Crippen LogP contribution is 2.31. The number of ether oxygens (including phenoxy) is 1. The summed E-state index contributed by atoms with van der Waals surface area (Å²) in [5, 5.41) is 0. The summed E-state index contributed by atoms with van der Waals surface area (Å²) in [5.74, 6) is -0.206. The Morgan fingerprint density at radius 2 is 1.89 bits per heavy atom. The lowest BCUT2D eigenvalue weighted by atomic mass is 10.00. The van der Waals surface area contributed by atoms with Gasteiger partial charge in [0, 0.05) is 18.9 Å². The Hall–Kier alpha value is -2.51. The zero-order chi connectivity index (χ0) is 20.0. The summed E-state index contributed by atoms with van der Waals surface area (Å²) in [4.78, 5) is 4.51. The smallest absolute Gasteiger partial charge is 0.405 e. The molecule has 2 aromatic carbocycles. The van der Waals surface area contributed by atoms with Crippen LogP contribution in [-0.2, 0) is 6.42 Å². The van der Waals surface area contributed by atoms with E-state index in [1.165, 1.54) is 12.1 Å². The summed E-state index contributed by atoms with van der Waals surface area (Å²) in [5.41, 5.74) is 4.50. The van der Waals surface area contributed by atoms with Gasteiger partial charge in [-0.15, -0.1) is 13.2 Å². The third-order valence-electron chi connectivity index (χ3n) is 4.03. The van der Waals surface area contributed by atoms with Gasteiger partial charge in [0.15, 0.2) is 0 Å². The van der Waals surface area contributed by atoms with Crippen molar-refractivity contribution in [1.82, 2.24) is 9.71 Å². The van der Waals surface area contributed by atoms with Gasteiger partial charge in [-0.05, 0) is 65.7 Å². The Morgan fingerprint density at radius 1 is 1.07 bits per heavy atom. The normalized spacial score (nSPS) is 11.4. The van der Waals surface area contributed by atoms with E-state index in [4.69, 9.17) is 0 Å². The standard InChI is InChI=1S/C21H19F3N2OS/c1-15-14-25-11-10-18(15)17-6-4-5-16(13-17)9-12-26-28-20-8-3-2-7-19(20)27-21(22,23)24/h2-8,10-11,13-14,26H,9,12H2,1H3. The van der Waals surface area contributed by atoms with Crippen LogP contribution in [0.1, 0.15) is 11.1 Å². The van der Waals surface area contributed by atoms with E-state index in [0.29, 0.717) is 11.4 Å². The molecule has 3 aromatic rings. The first-order chi connectivity index (χ1) is 13.4. The highest BCUT2D eigenvalue weighted by Gasteiger charge is 2.32. The molecular formula is C21H19F3N2OS. The predicted octanol–water partition coefficient (Wildman–Crippen LogP) is 5.80.